The minimum atomic E-state index is -4.42. The SMILES string of the molecule is CCc1ccc(CNc2ccc(OC)cc2C(F)(F)F)s1. The second-order valence-electron chi connectivity index (χ2n) is 4.48. The Balaban J connectivity index is 2.19. The van der Waals surface area contributed by atoms with Crippen LogP contribution in [0.15, 0.2) is 30.3 Å². The Morgan fingerprint density at radius 3 is 2.43 bits per heavy atom. The highest BCUT2D eigenvalue weighted by atomic mass is 32.1. The highest BCUT2D eigenvalue weighted by molar-refractivity contribution is 7.12. The molecule has 0 saturated carbocycles. The van der Waals surface area contributed by atoms with Gasteiger partial charge in [-0.05, 0) is 36.8 Å². The van der Waals surface area contributed by atoms with Crippen molar-refractivity contribution in [3.63, 3.8) is 0 Å². The van der Waals surface area contributed by atoms with Crippen LogP contribution in [0.2, 0.25) is 0 Å². The summed E-state index contributed by atoms with van der Waals surface area (Å²) in [6.07, 6.45) is -3.48. The van der Waals surface area contributed by atoms with Crippen LogP contribution < -0.4 is 10.1 Å². The van der Waals surface area contributed by atoms with E-state index in [1.165, 1.54) is 24.1 Å². The van der Waals surface area contributed by atoms with E-state index in [-0.39, 0.29) is 11.4 Å². The van der Waals surface area contributed by atoms with Crippen LogP contribution in [0, 0.1) is 0 Å². The molecule has 0 radical (unpaired) electrons. The maximum absolute atomic E-state index is 13.1. The Bertz CT molecular complexity index is 607. The average molecular weight is 315 g/mol. The monoisotopic (exact) mass is 315 g/mol. The topological polar surface area (TPSA) is 21.3 Å². The number of halogens is 3. The lowest BCUT2D eigenvalue weighted by Gasteiger charge is -2.15. The largest absolute Gasteiger partial charge is 0.497 e. The van der Waals surface area contributed by atoms with Gasteiger partial charge in [-0.1, -0.05) is 6.92 Å². The first-order valence-corrected chi connectivity index (χ1v) is 7.32. The van der Waals surface area contributed by atoms with Crippen molar-refractivity contribution in [2.75, 3.05) is 12.4 Å². The lowest BCUT2D eigenvalue weighted by molar-refractivity contribution is -0.137. The molecular weight excluding hydrogens is 299 g/mol. The van der Waals surface area contributed by atoms with Gasteiger partial charge in [0.05, 0.1) is 12.7 Å². The molecule has 21 heavy (non-hydrogen) atoms. The van der Waals surface area contributed by atoms with Gasteiger partial charge in [-0.25, -0.2) is 0 Å². The Labute approximate surface area is 125 Å². The van der Waals surface area contributed by atoms with Gasteiger partial charge in [-0.2, -0.15) is 13.2 Å². The van der Waals surface area contributed by atoms with Gasteiger partial charge in [-0.15, -0.1) is 11.3 Å². The summed E-state index contributed by atoms with van der Waals surface area (Å²) in [5, 5.41) is 2.86. The van der Waals surface area contributed by atoms with Crippen LogP contribution >= 0.6 is 11.3 Å². The molecule has 2 nitrogen and oxygen atoms in total. The summed E-state index contributed by atoms with van der Waals surface area (Å²) in [7, 11) is 1.35. The summed E-state index contributed by atoms with van der Waals surface area (Å²) in [6.45, 7) is 2.42. The van der Waals surface area contributed by atoms with E-state index in [4.69, 9.17) is 4.74 Å². The van der Waals surface area contributed by atoms with Gasteiger partial charge in [-0.3, -0.25) is 0 Å². The number of anilines is 1. The second-order valence-corrected chi connectivity index (χ2v) is 5.74. The van der Waals surface area contributed by atoms with E-state index in [1.807, 2.05) is 19.1 Å². The van der Waals surface area contributed by atoms with Crippen molar-refractivity contribution in [2.45, 2.75) is 26.1 Å². The number of nitrogens with one attached hydrogen (secondary N) is 1. The van der Waals surface area contributed by atoms with Crippen LogP contribution in [0.3, 0.4) is 0 Å². The van der Waals surface area contributed by atoms with Crippen LogP contribution in [0.5, 0.6) is 5.75 Å². The summed E-state index contributed by atoms with van der Waals surface area (Å²) < 4.78 is 44.0. The molecule has 1 aromatic heterocycles. The Hall–Kier alpha value is -1.69. The van der Waals surface area contributed by atoms with Crippen molar-refractivity contribution in [3.8, 4) is 5.75 Å². The molecule has 0 fully saturated rings. The standard InChI is InChI=1S/C15H16F3NOS/c1-3-11-5-6-12(21-11)9-19-14-7-4-10(20-2)8-13(14)15(16,17)18/h4-8,19H,3,9H2,1-2H3. The summed E-state index contributed by atoms with van der Waals surface area (Å²) >= 11 is 1.60. The first-order valence-electron chi connectivity index (χ1n) is 6.50. The molecule has 2 rings (SSSR count). The third-order valence-corrected chi connectivity index (χ3v) is 4.28. The van der Waals surface area contributed by atoms with E-state index in [2.05, 4.69) is 5.32 Å². The minimum absolute atomic E-state index is 0.0646. The Morgan fingerprint density at radius 2 is 1.86 bits per heavy atom. The summed E-state index contributed by atoms with van der Waals surface area (Å²) in [5.74, 6) is 0.192. The summed E-state index contributed by atoms with van der Waals surface area (Å²) in [6, 6.07) is 7.86. The van der Waals surface area contributed by atoms with Crippen molar-refractivity contribution in [1.82, 2.24) is 0 Å². The third kappa shape index (κ3) is 3.91. The van der Waals surface area contributed by atoms with Crippen LogP contribution in [0.25, 0.3) is 0 Å². The first kappa shape index (κ1) is 15.7. The van der Waals surface area contributed by atoms with Crippen LogP contribution in [0.4, 0.5) is 18.9 Å². The van der Waals surface area contributed by atoms with Gasteiger partial charge in [0.25, 0.3) is 0 Å². The summed E-state index contributed by atoms with van der Waals surface area (Å²) in [5.41, 5.74) is -0.649. The second kappa shape index (κ2) is 6.39. The predicted octanol–water partition coefficient (Wildman–Crippen LogP) is 4.95. The number of thiophene rings is 1. The zero-order valence-corrected chi connectivity index (χ0v) is 12.6. The fourth-order valence-corrected chi connectivity index (χ4v) is 2.83. The molecule has 0 aliphatic carbocycles. The molecule has 0 aliphatic heterocycles. The molecule has 2 aromatic rings. The maximum atomic E-state index is 13.1. The van der Waals surface area contributed by atoms with Gasteiger partial charge in [0.2, 0.25) is 0 Å². The molecule has 6 heteroatoms. The first-order chi connectivity index (χ1) is 9.94. The summed E-state index contributed by atoms with van der Waals surface area (Å²) in [4.78, 5) is 2.23. The van der Waals surface area contributed by atoms with E-state index < -0.39 is 11.7 Å². The molecule has 0 amide bonds. The fraction of sp³-hybridized carbons (Fsp3) is 0.333. The Kier molecular flexibility index (Phi) is 4.77. The fourth-order valence-electron chi connectivity index (χ4n) is 1.93. The Morgan fingerprint density at radius 1 is 1.14 bits per heavy atom. The van der Waals surface area contributed by atoms with E-state index in [9.17, 15) is 13.2 Å². The van der Waals surface area contributed by atoms with Crippen LogP contribution in [0.1, 0.15) is 22.2 Å². The molecule has 0 spiro atoms. The molecule has 0 saturated heterocycles. The normalized spacial score (nSPS) is 11.5. The zero-order valence-electron chi connectivity index (χ0n) is 11.8. The molecule has 0 unspecified atom stereocenters. The predicted molar refractivity (Wildman–Crippen MR) is 79.0 cm³/mol. The lowest BCUT2D eigenvalue weighted by Crippen LogP contribution is -2.10. The van der Waals surface area contributed by atoms with Crippen LogP contribution in [-0.2, 0) is 19.1 Å². The number of methoxy groups -OCH3 is 1. The van der Waals surface area contributed by atoms with Gasteiger partial charge in [0, 0.05) is 22.0 Å². The third-order valence-electron chi connectivity index (χ3n) is 3.05. The van der Waals surface area contributed by atoms with Crippen molar-refractivity contribution in [3.05, 3.63) is 45.6 Å². The average Bonchev–Trinajstić information content (AvgIpc) is 2.92. The number of aryl methyl sites for hydroxylation is 1. The number of benzene rings is 1. The van der Waals surface area contributed by atoms with Gasteiger partial charge in [0.15, 0.2) is 0 Å². The van der Waals surface area contributed by atoms with Gasteiger partial charge < -0.3 is 10.1 Å². The molecule has 0 bridgehead atoms. The van der Waals surface area contributed by atoms with Crippen molar-refractivity contribution in [1.29, 1.82) is 0 Å². The molecule has 1 heterocycles. The van der Waals surface area contributed by atoms with E-state index in [1.54, 1.807) is 11.3 Å². The number of alkyl halides is 3. The number of hydrogen-bond donors (Lipinski definition) is 1. The van der Waals surface area contributed by atoms with Gasteiger partial charge >= 0.3 is 6.18 Å². The van der Waals surface area contributed by atoms with Crippen molar-refractivity contribution >= 4 is 17.0 Å². The molecule has 1 aromatic carbocycles. The smallest absolute Gasteiger partial charge is 0.418 e. The molecule has 114 valence electrons. The van der Waals surface area contributed by atoms with Crippen molar-refractivity contribution < 1.29 is 17.9 Å². The number of rotatable bonds is 5. The zero-order chi connectivity index (χ0) is 15.5. The molecular formula is C15H16F3NOS. The molecule has 0 aliphatic rings. The highest BCUT2D eigenvalue weighted by Crippen LogP contribution is 2.37. The highest BCUT2D eigenvalue weighted by Gasteiger charge is 2.34. The number of hydrogen-bond acceptors (Lipinski definition) is 3. The van der Waals surface area contributed by atoms with Crippen molar-refractivity contribution in [2.24, 2.45) is 0 Å². The van der Waals surface area contributed by atoms with Crippen LogP contribution in [-0.4, -0.2) is 7.11 Å². The minimum Gasteiger partial charge on any atom is -0.497 e. The van der Waals surface area contributed by atoms with E-state index in [0.717, 1.165) is 17.4 Å². The number of ether oxygens (including phenoxy) is 1. The van der Waals surface area contributed by atoms with Gasteiger partial charge in [0.1, 0.15) is 5.75 Å². The van der Waals surface area contributed by atoms with E-state index in [0.29, 0.717) is 6.54 Å². The molecule has 0 atom stereocenters. The quantitative estimate of drug-likeness (QED) is 0.843. The maximum Gasteiger partial charge on any atom is 0.418 e. The van der Waals surface area contributed by atoms with E-state index >= 15 is 0 Å². The lowest BCUT2D eigenvalue weighted by atomic mass is 10.1. The molecule has 1 N–H and O–H groups in total.